The van der Waals surface area contributed by atoms with E-state index in [4.69, 9.17) is 0 Å². The molecule has 0 saturated carbocycles. The Morgan fingerprint density at radius 1 is 1.18 bits per heavy atom. The summed E-state index contributed by atoms with van der Waals surface area (Å²) in [5.41, 5.74) is 1.25. The number of sulfonamides is 1. The summed E-state index contributed by atoms with van der Waals surface area (Å²) in [5.74, 6) is -0.296. The first kappa shape index (κ1) is 20.0. The molecule has 1 amide bonds. The van der Waals surface area contributed by atoms with Gasteiger partial charge in [-0.15, -0.1) is 0 Å². The summed E-state index contributed by atoms with van der Waals surface area (Å²) < 4.78 is 29.4. The zero-order valence-electron chi connectivity index (χ0n) is 15.0. The fourth-order valence-electron chi connectivity index (χ4n) is 2.27. The third kappa shape index (κ3) is 4.54. The number of anilines is 2. The predicted octanol–water partition coefficient (Wildman–Crippen LogP) is 2.74. The van der Waals surface area contributed by atoms with Crippen molar-refractivity contribution in [1.29, 1.82) is 0 Å². The lowest BCUT2D eigenvalue weighted by atomic mass is 10.2. The van der Waals surface area contributed by atoms with Crippen LogP contribution >= 0.6 is 15.9 Å². The number of benzene rings is 1. The summed E-state index contributed by atoms with van der Waals surface area (Å²) in [7, 11) is -3.83. The molecule has 0 aliphatic rings. The third-order valence-electron chi connectivity index (χ3n) is 3.86. The van der Waals surface area contributed by atoms with Crippen LogP contribution in [0.25, 0.3) is 0 Å². The number of amides is 1. The van der Waals surface area contributed by atoms with Crippen LogP contribution in [0, 0.1) is 6.92 Å². The van der Waals surface area contributed by atoms with Crippen molar-refractivity contribution >= 4 is 43.5 Å². The number of nitrogens with one attached hydrogen (secondary N) is 2. The molecule has 0 bridgehead atoms. The maximum atomic E-state index is 12.4. The van der Waals surface area contributed by atoms with E-state index < -0.39 is 16.1 Å². The fraction of sp³-hybridized carbons (Fsp3) is 0.176. The molecule has 0 aliphatic heterocycles. The van der Waals surface area contributed by atoms with Crippen LogP contribution in [0.4, 0.5) is 11.6 Å². The van der Waals surface area contributed by atoms with Crippen LogP contribution in [0.15, 0.2) is 58.3 Å². The maximum Gasteiger partial charge on any atom is 0.264 e. The molecular formula is C17H17BrN6O3S. The minimum atomic E-state index is -3.83. The molecule has 3 aromatic rings. The van der Waals surface area contributed by atoms with Crippen molar-refractivity contribution in [2.75, 3.05) is 10.0 Å². The molecule has 0 spiro atoms. The normalized spacial score (nSPS) is 12.4. The highest BCUT2D eigenvalue weighted by Gasteiger charge is 2.19. The van der Waals surface area contributed by atoms with Crippen LogP contribution in [-0.4, -0.2) is 34.1 Å². The van der Waals surface area contributed by atoms with E-state index in [1.165, 1.54) is 36.7 Å². The third-order valence-corrected chi connectivity index (χ3v) is 5.98. The lowest BCUT2D eigenvalue weighted by Crippen LogP contribution is -2.24. The van der Waals surface area contributed by atoms with Gasteiger partial charge in [0.2, 0.25) is 11.9 Å². The van der Waals surface area contributed by atoms with E-state index in [1.807, 2.05) is 6.92 Å². The van der Waals surface area contributed by atoms with Gasteiger partial charge in [-0.1, -0.05) is 0 Å². The molecule has 1 unspecified atom stereocenters. The Morgan fingerprint density at radius 2 is 1.82 bits per heavy atom. The van der Waals surface area contributed by atoms with E-state index >= 15 is 0 Å². The number of aryl methyl sites for hydroxylation is 1. The number of hydrogen-bond donors (Lipinski definition) is 2. The molecule has 146 valence electrons. The molecule has 11 heteroatoms. The van der Waals surface area contributed by atoms with E-state index in [1.54, 1.807) is 23.9 Å². The highest BCUT2D eigenvalue weighted by Crippen LogP contribution is 2.19. The number of halogens is 1. The van der Waals surface area contributed by atoms with Gasteiger partial charge < -0.3 is 5.32 Å². The van der Waals surface area contributed by atoms with Crippen LogP contribution in [0.1, 0.15) is 18.7 Å². The lowest BCUT2D eigenvalue weighted by Gasteiger charge is -2.13. The van der Waals surface area contributed by atoms with E-state index in [0.717, 1.165) is 10.2 Å². The van der Waals surface area contributed by atoms with Gasteiger partial charge in [-0.05, 0) is 60.1 Å². The monoisotopic (exact) mass is 464 g/mol. The number of aromatic nitrogens is 4. The minimum Gasteiger partial charge on any atom is -0.324 e. The summed E-state index contributed by atoms with van der Waals surface area (Å²) in [6, 6.07) is 6.84. The first-order chi connectivity index (χ1) is 13.3. The Bertz CT molecular complexity index is 1060. The molecule has 2 heterocycles. The van der Waals surface area contributed by atoms with Crippen LogP contribution in [-0.2, 0) is 14.8 Å². The standard InChI is InChI=1S/C17H17BrN6O3S/c1-11-15(18)10-24(22-11)12(2)16(25)21-13-4-6-14(7-5-13)28(26,27)23-17-19-8-3-9-20-17/h3-10,12H,1-2H3,(H,21,25)(H,19,20,23). The molecule has 28 heavy (non-hydrogen) atoms. The Hall–Kier alpha value is -2.79. The average molecular weight is 465 g/mol. The quantitative estimate of drug-likeness (QED) is 0.578. The van der Waals surface area contributed by atoms with Crippen molar-refractivity contribution in [3.05, 3.63) is 59.1 Å². The molecule has 1 aromatic carbocycles. The molecule has 1 atom stereocenters. The van der Waals surface area contributed by atoms with Crippen LogP contribution in [0.3, 0.4) is 0 Å². The molecule has 2 N–H and O–H groups in total. The highest BCUT2D eigenvalue weighted by atomic mass is 79.9. The van der Waals surface area contributed by atoms with Gasteiger partial charge in [0.25, 0.3) is 10.0 Å². The topological polar surface area (TPSA) is 119 Å². The van der Waals surface area contributed by atoms with Gasteiger partial charge in [0, 0.05) is 24.3 Å². The molecule has 3 rings (SSSR count). The Labute approximate surface area is 170 Å². The van der Waals surface area contributed by atoms with Gasteiger partial charge in [0.15, 0.2) is 0 Å². The predicted molar refractivity (Wildman–Crippen MR) is 107 cm³/mol. The van der Waals surface area contributed by atoms with Crippen molar-refractivity contribution < 1.29 is 13.2 Å². The van der Waals surface area contributed by atoms with Crippen molar-refractivity contribution in [3.8, 4) is 0 Å². The Kier molecular flexibility index (Phi) is 5.75. The summed E-state index contributed by atoms with van der Waals surface area (Å²) in [6.45, 7) is 3.55. The number of hydrogen-bond acceptors (Lipinski definition) is 6. The highest BCUT2D eigenvalue weighted by molar-refractivity contribution is 9.10. The van der Waals surface area contributed by atoms with Gasteiger partial charge in [-0.25, -0.2) is 23.1 Å². The largest absolute Gasteiger partial charge is 0.324 e. The SMILES string of the molecule is Cc1nn(C(C)C(=O)Nc2ccc(S(=O)(=O)Nc3ncccn3)cc2)cc1Br. The van der Waals surface area contributed by atoms with E-state index in [-0.39, 0.29) is 16.8 Å². The van der Waals surface area contributed by atoms with Crippen LogP contribution in [0.5, 0.6) is 0 Å². The zero-order valence-corrected chi connectivity index (χ0v) is 17.4. The zero-order chi connectivity index (χ0) is 20.3. The Balaban J connectivity index is 1.69. The molecule has 0 radical (unpaired) electrons. The number of carbonyl (C=O) groups excluding carboxylic acids is 1. The summed E-state index contributed by atoms with van der Waals surface area (Å²) >= 11 is 3.36. The van der Waals surface area contributed by atoms with Gasteiger partial charge in [-0.3, -0.25) is 9.48 Å². The smallest absolute Gasteiger partial charge is 0.264 e. The van der Waals surface area contributed by atoms with Gasteiger partial charge in [0.1, 0.15) is 6.04 Å². The first-order valence-corrected chi connectivity index (χ1v) is 10.5. The van der Waals surface area contributed by atoms with Gasteiger partial charge in [0.05, 0.1) is 15.1 Å². The number of nitrogens with zero attached hydrogens (tertiary/aromatic N) is 4. The first-order valence-electron chi connectivity index (χ1n) is 8.18. The average Bonchev–Trinajstić information content (AvgIpc) is 3.00. The van der Waals surface area contributed by atoms with Gasteiger partial charge >= 0.3 is 0 Å². The van der Waals surface area contributed by atoms with E-state index in [2.05, 4.69) is 41.0 Å². The number of rotatable bonds is 6. The second-order valence-corrected chi connectivity index (χ2v) is 8.45. The van der Waals surface area contributed by atoms with Crippen molar-refractivity contribution in [2.24, 2.45) is 0 Å². The second kappa shape index (κ2) is 8.07. The van der Waals surface area contributed by atoms with Crippen molar-refractivity contribution in [3.63, 3.8) is 0 Å². The van der Waals surface area contributed by atoms with E-state index in [0.29, 0.717) is 5.69 Å². The molecule has 0 saturated heterocycles. The Morgan fingerprint density at radius 3 is 2.39 bits per heavy atom. The molecule has 2 aromatic heterocycles. The molecular weight excluding hydrogens is 448 g/mol. The second-order valence-electron chi connectivity index (χ2n) is 5.91. The maximum absolute atomic E-state index is 12.4. The lowest BCUT2D eigenvalue weighted by molar-refractivity contribution is -0.119. The van der Waals surface area contributed by atoms with E-state index in [9.17, 15) is 13.2 Å². The fourth-order valence-corrected chi connectivity index (χ4v) is 3.52. The van der Waals surface area contributed by atoms with Crippen molar-refractivity contribution in [2.45, 2.75) is 24.8 Å². The summed E-state index contributed by atoms with van der Waals surface area (Å²) in [5, 5.41) is 7.01. The van der Waals surface area contributed by atoms with Crippen molar-refractivity contribution in [1.82, 2.24) is 19.7 Å². The van der Waals surface area contributed by atoms with Crippen LogP contribution < -0.4 is 10.0 Å². The molecule has 0 aliphatic carbocycles. The minimum absolute atomic E-state index is 0.0191. The summed E-state index contributed by atoms with van der Waals surface area (Å²) in [4.78, 5) is 20.1. The summed E-state index contributed by atoms with van der Waals surface area (Å²) in [6.07, 6.45) is 4.60. The molecule has 9 nitrogen and oxygen atoms in total. The van der Waals surface area contributed by atoms with Crippen LogP contribution in [0.2, 0.25) is 0 Å². The number of carbonyl (C=O) groups is 1. The molecule has 0 fully saturated rings. The van der Waals surface area contributed by atoms with Gasteiger partial charge in [-0.2, -0.15) is 5.10 Å².